The van der Waals surface area contributed by atoms with Crippen LogP contribution in [0.3, 0.4) is 0 Å². The number of rotatable bonds is 5. The summed E-state index contributed by atoms with van der Waals surface area (Å²) in [5.41, 5.74) is 1.06. The summed E-state index contributed by atoms with van der Waals surface area (Å²) in [6, 6.07) is 9.84. The van der Waals surface area contributed by atoms with Gasteiger partial charge in [0.25, 0.3) is 0 Å². The van der Waals surface area contributed by atoms with Crippen molar-refractivity contribution in [1.82, 2.24) is 5.32 Å². The largest absolute Gasteiger partial charge is 0.370 e. The van der Waals surface area contributed by atoms with E-state index in [-0.39, 0.29) is 5.91 Å². The first kappa shape index (κ1) is 13.1. The molecule has 1 saturated heterocycles. The van der Waals surface area contributed by atoms with Crippen LogP contribution in [0.2, 0.25) is 0 Å². The van der Waals surface area contributed by atoms with Gasteiger partial charge in [-0.15, -0.1) is 0 Å². The lowest BCUT2D eigenvalue weighted by atomic mass is 10.1. The molecule has 4 heteroatoms. The van der Waals surface area contributed by atoms with Crippen LogP contribution in [-0.4, -0.2) is 45.3 Å². The van der Waals surface area contributed by atoms with Gasteiger partial charge in [0.1, 0.15) is 13.1 Å². The van der Waals surface area contributed by atoms with Crippen molar-refractivity contribution >= 4 is 5.91 Å². The lowest BCUT2D eigenvalue weighted by Crippen LogP contribution is -3.14. The van der Waals surface area contributed by atoms with Crippen molar-refractivity contribution < 1.29 is 14.4 Å². The first-order valence-corrected chi connectivity index (χ1v) is 6.56. The molecule has 0 unspecified atom stereocenters. The van der Waals surface area contributed by atoms with Crippen molar-refractivity contribution in [2.24, 2.45) is 0 Å². The number of morpholine rings is 1. The predicted molar refractivity (Wildman–Crippen MR) is 69.5 cm³/mol. The molecule has 18 heavy (non-hydrogen) atoms. The average Bonchev–Trinajstić information content (AvgIpc) is 2.41. The van der Waals surface area contributed by atoms with Gasteiger partial charge in [-0.25, -0.2) is 0 Å². The SMILES string of the molecule is O=C(Cc1ccccc1)NCC[NH+]1CCOCC1. The third-order valence-corrected chi connectivity index (χ3v) is 3.21. The molecule has 98 valence electrons. The Labute approximate surface area is 108 Å². The van der Waals surface area contributed by atoms with Crippen molar-refractivity contribution in [3.63, 3.8) is 0 Å². The Morgan fingerprint density at radius 3 is 2.67 bits per heavy atom. The fourth-order valence-corrected chi connectivity index (χ4v) is 2.13. The number of nitrogens with one attached hydrogen (secondary N) is 2. The van der Waals surface area contributed by atoms with E-state index in [1.807, 2.05) is 30.3 Å². The molecule has 2 N–H and O–H groups in total. The van der Waals surface area contributed by atoms with Crippen LogP contribution in [0.4, 0.5) is 0 Å². The van der Waals surface area contributed by atoms with Gasteiger partial charge in [-0.3, -0.25) is 4.79 Å². The Morgan fingerprint density at radius 2 is 1.94 bits per heavy atom. The highest BCUT2D eigenvalue weighted by molar-refractivity contribution is 5.78. The summed E-state index contributed by atoms with van der Waals surface area (Å²) >= 11 is 0. The first-order valence-electron chi connectivity index (χ1n) is 6.56. The molecule has 1 aromatic rings. The van der Waals surface area contributed by atoms with Gasteiger partial charge in [0, 0.05) is 0 Å². The Bertz CT molecular complexity index is 361. The number of hydrogen-bond acceptors (Lipinski definition) is 2. The minimum atomic E-state index is 0.105. The minimum Gasteiger partial charge on any atom is -0.370 e. The zero-order valence-corrected chi connectivity index (χ0v) is 10.7. The molecule has 0 spiro atoms. The molecule has 1 aliphatic heterocycles. The van der Waals surface area contributed by atoms with Crippen molar-refractivity contribution in [2.75, 3.05) is 39.4 Å². The second-order valence-electron chi connectivity index (χ2n) is 4.62. The maximum Gasteiger partial charge on any atom is 0.224 e. The second-order valence-corrected chi connectivity index (χ2v) is 4.62. The normalized spacial score (nSPS) is 16.4. The van der Waals surface area contributed by atoms with Crippen LogP contribution >= 0.6 is 0 Å². The van der Waals surface area contributed by atoms with E-state index in [4.69, 9.17) is 4.74 Å². The molecule has 2 rings (SSSR count). The van der Waals surface area contributed by atoms with E-state index in [2.05, 4.69) is 5.32 Å². The van der Waals surface area contributed by atoms with Gasteiger partial charge in [-0.1, -0.05) is 30.3 Å². The number of carbonyl (C=O) groups is 1. The topological polar surface area (TPSA) is 42.8 Å². The summed E-state index contributed by atoms with van der Waals surface area (Å²) in [5, 5.41) is 2.98. The van der Waals surface area contributed by atoms with Crippen LogP contribution in [0.25, 0.3) is 0 Å². The number of quaternary nitrogens is 1. The molecule has 0 aromatic heterocycles. The number of ether oxygens (including phenoxy) is 1. The molecular formula is C14H21N2O2+. The average molecular weight is 249 g/mol. The molecule has 1 amide bonds. The molecule has 4 nitrogen and oxygen atoms in total. The van der Waals surface area contributed by atoms with Crippen LogP contribution in [0.15, 0.2) is 30.3 Å². The Kier molecular flexibility index (Phi) is 5.17. The summed E-state index contributed by atoms with van der Waals surface area (Å²) in [6.07, 6.45) is 0.472. The quantitative estimate of drug-likeness (QED) is 0.722. The third kappa shape index (κ3) is 4.47. The van der Waals surface area contributed by atoms with Crippen molar-refractivity contribution in [3.05, 3.63) is 35.9 Å². The molecule has 1 aromatic carbocycles. The minimum absolute atomic E-state index is 0.105. The van der Waals surface area contributed by atoms with Gasteiger partial charge in [0.05, 0.1) is 32.7 Å². The van der Waals surface area contributed by atoms with E-state index in [0.717, 1.165) is 45.0 Å². The number of hydrogen-bond donors (Lipinski definition) is 2. The Hall–Kier alpha value is -1.39. The molecule has 1 heterocycles. The molecular weight excluding hydrogens is 228 g/mol. The van der Waals surface area contributed by atoms with Gasteiger partial charge in [0.15, 0.2) is 0 Å². The van der Waals surface area contributed by atoms with Gasteiger partial charge in [-0.05, 0) is 5.56 Å². The third-order valence-electron chi connectivity index (χ3n) is 3.21. The second kappa shape index (κ2) is 7.13. The maximum atomic E-state index is 11.7. The van der Waals surface area contributed by atoms with E-state index >= 15 is 0 Å². The highest BCUT2D eigenvalue weighted by atomic mass is 16.5. The summed E-state index contributed by atoms with van der Waals surface area (Å²) in [4.78, 5) is 13.2. The van der Waals surface area contributed by atoms with Gasteiger partial charge in [0.2, 0.25) is 5.91 Å². The zero-order valence-electron chi connectivity index (χ0n) is 10.7. The molecule has 1 aliphatic rings. The fourth-order valence-electron chi connectivity index (χ4n) is 2.13. The molecule has 0 saturated carbocycles. The summed E-state index contributed by atoms with van der Waals surface area (Å²) < 4.78 is 5.30. The van der Waals surface area contributed by atoms with Crippen LogP contribution in [0.1, 0.15) is 5.56 Å². The van der Waals surface area contributed by atoms with Gasteiger partial charge < -0.3 is 15.0 Å². The molecule has 0 atom stereocenters. The molecule has 0 aliphatic carbocycles. The Morgan fingerprint density at radius 1 is 1.22 bits per heavy atom. The van der Waals surface area contributed by atoms with Crippen molar-refractivity contribution in [1.29, 1.82) is 0 Å². The smallest absolute Gasteiger partial charge is 0.224 e. The van der Waals surface area contributed by atoms with Crippen LogP contribution in [-0.2, 0) is 16.0 Å². The summed E-state index contributed by atoms with van der Waals surface area (Å²) in [6.45, 7) is 5.52. The standard InChI is InChI=1S/C14H20N2O2/c17-14(12-13-4-2-1-3-5-13)15-6-7-16-8-10-18-11-9-16/h1-5H,6-12H2,(H,15,17)/p+1. The van der Waals surface area contributed by atoms with Crippen molar-refractivity contribution in [3.8, 4) is 0 Å². The van der Waals surface area contributed by atoms with Crippen LogP contribution < -0.4 is 10.2 Å². The number of amides is 1. The van der Waals surface area contributed by atoms with Gasteiger partial charge in [-0.2, -0.15) is 0 Å². The van der Waals surface area contributed by atoms with Gasteiger partial charge >= 0.3 is 0 Å². The maximum absolute atomic E-state index is 11.7. The number of carbonyl (C=O) groups excluding carboxylic acids is 1. The molecule has 1 fully saturated rings. The predicted octanol–water partition coefficient (Wildman–Crippen LogP) is -0.740. The lowest BCUT2D eigenvalue weighted by Gasteiger charge is -2.23. The van der Waals surface area contributed by atoms with E-state index in [1.54, 1.807) is 0 Å². The van der Waals surface area contributed by atoms with E-state index in [9.17, 15) is 4.79 Å². The lowest BCUT2D eigenvalue weighted by molar-refractivity contribution is -0.906. The van der Waals surface area contributed by atoms with Crippen LogP contribution in [0, 0.1) is 0 Å². The van der Waals surface area contributed by atoms with E-state index < -0.39 is 0 Å². The fraction of sp³-hybridized carbons (Fsp3) is 0.500. The molecule has 0 bridgehead atoms. The Balaban J connectivity index is 1.62. The molecule has 0 radical (unpaired) electrons. The number of benzene rings is 1. The van der Waals surface area contributed by atoms with E-state index in [1.165, 1.54) is 4.90 Å². The van der Waals surface area contributed by atoms with E-state index in [0.29, 0.717) is 6.42 Å². The first-order chi connectivity index (χ1) is 8.84. The highest BCUT2D eigenvalue weighted by Gasteiger charge is 2.13. The zero-order chi connectivity index (χ0) is 12.6. The highest BCUT2D eigenvalue weighted by Crippen LogP contribution is 1.98. The van der Waals surface area contributed by atoms with Crippen molar-refractivity contribution in [2.45, 2.75) is 6.42 Å². The summed E-state index contributed by atoms with van der Waals surface area (Å²) in [7, 11) is 0. The summed E-state index contributed by atoms with van der Waals surface area (Å²) in [5.74, 6) is 0.105. The van der Waals surface area contributed by atoms with Crippen LogP contribution in [0.5, 0.6) is 0 Å². The monoisotopic (exact) mass is 249 g/mol.